The number of guanidine groups is 1. The van der Waals surface area contributed by atoms with Gasteiger partial charge >= 0.3 is 0 Å². The first-order valence-corrected chi connectivity index (χ1v) is 9.57. The molecule has 0 aliphatic heterocycles. The fourth-order valence-corrected chi connectivity index (χ4v) is 2.97. The normalized spacial score (nSPS) is 11.7. The number of halogens is 2. The van der Waals surface area contributed by atoms with Crippen molar-refractivity contribution in [3.8, 4) is 5.75 Å². The van der Waals surface area contributed by atoms with Crippen LogP contribution in [0.25, 0.3) is 0 Å². The summed E-state index contributed by atoms with van der Waals surface area (Å²) < 4.78 is 5.74. The van der Waals surface area contributed by atoms with Crippen molar-refractivity contribution in [3.63, 3.8) is 0 Å². The van der Waals surface area contributed by atoms with E-state index in [1.54, 1.807) is 6.07 Å². The highest BCUT2D eigenvalue weighted by Gasteiger charge is 2.19. The molecule has 0 aliphatic rings. The van der Waals surface area contributed by atoms with Gasteiger partial charge in [-0.2, -0.15) is 0 Å². The lowest BCUT2D eigenvalue weighted by molar-refractivity contribution is -0.133. The highest BCUT2D eigenvalue weighted by atomic mass is 35.5. The molecule has 0 saturated carbocycles. The van der Waals surface area contributed by atoms with Crippen molar-refractivity contribution in [2.45, 2.75) is 52.4 Å². The van der Waals surface area contributed by atoms with Crippen LogP contribution in [0.4, 0.5) is 0 Å². The van der Waals surface area contributed by atoms with Crippen molar-refractivity contribution in [2.24, 2.45) is 16.6 Å². The molecule has 1 aromatic carbocycles. The number of unbranched alkanes of at least 4 members (excludes halogenated alkanes) is 2. The molecular formula is C18H28Cl2N4O2. The van der Waals surface area contributed by atoms with Gasteiger partial charge in [0.25, 0.3) is 5.91 Å². The smallest absolute Gasteiger partial charge is 0.280 e. The molecule has 0 bridgehead atoms. The summed E-state index contributed by atoms with van der Waals surface area (Å²) in [6.07, 6.45) is 3.70. The van der Waals surface area contributed by atoms with Crippen LogP contribution < -0.4 is 16.2 Å². The van der Waals surface area contributed by atoms with Crippen LogP contribution in [0.1, 0.15) is 57.9 Å². The van der Waals surface area contributed by atoms with Crippen LogP contribution in [0.5, 0.6) is 5.75 Å². The van der Waals surface area contributed by atoms with E-state index in [4.69, 9.17) is 39.4 Å². The third kappa shape index (κ3) is 6.92. The Morgan fingerprint density at radius 1 is 1.27 bits per heavy atom. The average Bonchev–Trinajstić information content (AvgIpc) is 2.58. The number of hydrogen-bond donors (Lipinski definition) is 2. The standard InChI is InChI=1S/C18H28Cl2N4O2/c1-4-6-7-8-24(23-18(21)22)16(25)11-26-17-14(12(3)5-2)9-13(19)10-15(17)20/h9-10,12H,4-8,11H2,1-3H3,(H4,21,22,23). The minimum Gasteiger partial charge on any atom is -0.482 e. The van der Waals surface area contributed by atoms with Gasteiger partial charge in [0.1, 0.15) is 5.75 Å². The monoisotopic (exact) mass is 402 g/mol. The van der Waals surface area contributed by atoms with E-state index < -0.39 is 0 Å². The summed E-state index contributed by atoms with van der Waals surface area (Å²) >= 11 is 12.4. The summed E-state index contributed by atoms with van der Waals surface area (Å²) in [7, 11) is 0. The van der Waals surface area contributed by atoms with Gasteiger partial charge in [-0.05, 0) is 36.5 Å². The number of amides is 1. The summed E-state index contributed by atoms with van der Waals surface area (Å²) in [4.78, 5) is 12.5. The summed E-state index contributed by atoms with van der Waals surface area (Å²) in [6.45, 7) is 6.40. The lowest BCUT2D eigenvalue weighted by Crippen LogP contribution is -2.36. The van der Waals surface area contributed by atoms with Gasteiger partial charge in [-0.25, -0.2) is 5.01 Å². The molecule has 1 rings (SSSR count). The largest absolute Gasteiger partial charge is 0.482 e. The molecule has 4 N–H and O–H groups in total. The Morgan fingerprint density at radius 2 is 1.96 bits per heavy atom. The summed E-state index contributed by atoms with van der Waals surface area (Å²) in [5, 5.41) is 6.05. The van der Waals surface area contributed by atoms with E-state index in [9.17, 15) is 4.79 Å². The highest BCUT2D eigenvalue weighted by Crippen LogP contribution is 2.37. The number of carbonyl (C=O) groups is 1. The Morgan fingerprint density at radius 3 is 2.54 bits per heavy atom. The Labute approximate surface area is 165 Å². The van der Waals surface area contributed by atoms with Crippen LogP contribution in [0.3, 0.4) is 0 Å². The van der Waals surface area contributed by atoms with Gasteiger partial charge < -0.3 is 16.2 Å². The van der Waals surface area contributed by atoms with Crippen LogP contribution in [-0.2, 0) is 4.79 Å². The van der Waals surface area contributed by atoms with Crippen molar-refractivity contribution in [3.05, 3.63) is 27.7 Å². The molecule has 0 fully saturated rings. The summed E-state index contributed by atoms with van der Waals surface area (Å²) in [5.74, 6) is 0.155. The maximum absolute atomic E-state index is 12.5. The Kier molecular flexibility index (Phi) is 9.59. The van der Waals surface area contributed by atoms with Crippen molar-refractivity contribution in [2.75, 3.05) is 13.2 Å². The lowest BCUT2D eigenvalue weighted by atomic mass is 9.98. The molecule has 0 spiro atoms. The van der Waals surface area contributed by atoms with E-state index in [1.807, 2.05) is 13.0 Å². The van der Waals surface area contributed by atoms with Gasteiger partial charge in [0.15, 0.2) is 6.61 Å². The average molecular weight is 403 g/mol. The van der Waals surface area contributed by atoms with Crippen molar-refractivity contribution in [1.29, 1.82) is 0 Å². The minimum absolute atomic E-state index is 0.167. The molecule has 0 aromatic heterocycles. The Hall–Kier alpha value is -1.66. The van der Waals surface area contributed by atoms with E-state index in [2.05, 4.69) is 18.9 Å². The van der Waals surface area contributed by atoms with Gasteiger partial charge in [0, 0.05) is 11.6 Å². The lowest BCUT2D eigenvalue weighted by Gasteiger charge is -2.20. The highest BCUT2D eigenvalue weighted by molar-refractivity contribution is 6.35. The third-order valence-corrected chi connectivity index (χ3v) is 4.52. The quantitative estimate of drug-likeness (QED) is 0.266. The molecular weight excluding hydrogens is 375 g/mol. The zero-order valence-corrected chi connectivity index (χ0v) is 17.1. The SMILES string of the molecule is CCCCCN(N=C(N)N)C(=O)COc1c(Cl)cc(Cl)cc1C(C)CC. The number of carbonyl (C=O) groups excluding carboxylic acids is 1. The second-order valence-corrected chi connectivity index (χ2v) is 7.00. The van der Waals surface area contributed by atoms with E-state index in [0.29, 0.717) is 22.3 Å². The first-order chi connectivity index (χ1) is 12.3. The first-order valence-electron chi connectivity index (χ1n) is 8.81. The van der Waals surface area contributed by atoms with Crippen molar-refractivity contribution in [1.82, 2.24) is 5.01 Å². The Balaban J connectivity index is 2.91. The van der Waals surface area contributed by atoms with Crippen molar-refractivity contribution < 1.29 is 9.53 Å². The zero-order valence-electron chi connectivity index (χ0n) is 15.6. The molecule has 26 heavy (non-hydrogen) atoms. The molecule has 1 unspecified atom stereocenters. The maximum atomic E-state index is 12.5. The van der Waals surface area contributed by atoms with Gasteiger partial charge in [-0.1, -0.05) is 56.8 Å². The number of nitrogens with two attached hydrogens (primary N) is 2. The number of hydrazone groups is 1. The predicted octanol–water partition coefficient (Wildman–Crippen LogP) is 4.09. The van der Waals surface area contributed by atoms with E-state index in [-0.39, 0.29) is 24.4 Å². The molecule has 1 atom stereocenters. The molecule has 1 amide bonds. The third-order valence-electron chi connectivity index (χ3n) is 4.02. The second kappa shape index (κ2) is 11.1. The second-order valence-electron chi connectivity index (χ2n) is 6.15. The molecule has 1 aromatic rings. The molecule has 0 saturated heterocycles. The molecule has 146 valence electrons. The fraction of sp³-hybridized carbons (Fsp3) is 0.556. The van der Waals surface area contributed by atoms with E-state index >= 15 is 0 Å². The van der Waals surface area contributed by atoms with Crippen molar-refractivity contribution >= 4 is 35.1 Å². The Bertz CT molecular complexity index is 634. The molecule has 0 aliphatic carbocycles. The van der Waals surface area contributed by atoms with Crippen LogP contribution in [0, 0.1) is 0 Å². The molecule has 0 heterocycles. The summed E-state index contributed by atoms with van der Waals surface area (Å²) in [6, 6.07) is 3.42. The van der Waals surface area contributed by atoms with Gasteiger partial charge in [-0.3, -0.25) is 4.79 Å². The maximum Gasteiger partial charge on any atom is 0.280 e. The molecule has 0 radical (unpaired) electrons. The molecule has 8 heteroatoms. The zero-order chi connectivity index (χ0) is 19.7. The van der Waals surface area contributed by atoms with Crippen LogP contribution in [0.15, 0.2) is 17.2 Å². The minimum atomic E-state index is -0.337. The van der Waals surface area contributed by atoms with Gasteiger partial charge in [-0.15, -0.1) is 5.10 Å². The number of benzene rings is 1. The number of hydrogen-bond acceptors (Lipinski definition) is 3. The van der Waals surface area contributed by atoms with Gasteiger partial charge in [0.2, 0.25) is 5.96 Å². The van der Waals surface area contributed by atoms with Crippen LogP contribution in [-0.4, -0.2) is 30.0 Å². The number of nitrogens with zero attached hydrogens (tertiary/aromatic N) is 2. The van der Waals surface area contributed by atoms with E-state index in [1.165, 1.54) is 5.01 Å². The number of ether oxygens (including phenoxy) is 1. The summed E-state index contributed by atoms with van der Waals surface area (Å²) in [5.41, 5.74) is 11.7. The first kappa shape index (κ1) is 22.4. The van der Waals surface area contributed by atoms with Gasteiger partial charge in [0.05, 0.1) is 5.02 Å². The fourth-order valence-electron chi connectivity index (χ4n) is 2.41. The molecule has 6 nitrogen and oxygen atoms in total. The predicted molar refractivity (Wildman–Crippen MR) is 108 cm³/mol. The topological polar surface area (TPSA) is 93.9 Å². The van der Waals surface area contributed by atoms with E-state index in [0.717, 1.165) is 31.2 Å². The van der Waals surface area contributed by atoms with Crippen LogP contribution in [0.2, 0.25) is 10.0 Å². The van der Waals surface area contributed by atoms with Crippen LogP contribution >= 0.6 is 23.2 Å². The number of rotatable bonds is 10.